The molecule has 0 aliphatic carbocycles. The second kappa shape index (κ2) is 6.57. The average molecular weight is 291 g/mol. The number of nitrogen functional groups attached to an aromatic ring is 1. The Morgan fingerprint density at radius 2 is 1.90 bits per heavy atom. The van der Waals surface area contributed by atoms with Crippen LogP contribution in [0.1, 0.15) is 30.3 Å². The van der Waals surface area contributed by atoms with Gasteiger partial charge in [0.05, 0.1) is 0 Å². The van der Waals surface area contributed by atoms with E-state index in [0.29, 0.717) is 12.4 Å². The molecule has 0 atom stereocenters. The van der Waals surface area contributed by atoms with Gasteiger partial charge in [0.1, 0.15) is 17.5 Å². The third-order valence-corrected chi connectivity index (χ3v) is 3.33. The molecule has 3 N–H and O–H groups in total. The molecule has 20 heavy (non-hydrogen) atoms. The van der Waals surface area contributed by atoms with Gasteiger partial charge in [0, 0.05) is 23.6 Å². The zero-order valence-electron chi connectivity index (χ0n) is 11.8. The molecule has 0 fully saturated rings. The Morgan fingerprint density at radius 3 is 2.55 bits per heavy atom. The molecule has 0 saturated carbocycles. The van der Waals surface area contributed by atoms with Crippen molar-refractivity contribution < 1.29 is 0 Å². The van der Waals surface area contributed by atoms with Gasteiger partial charge in [-0.3, -0.25) is 0 Å². The number of nitrogens with zero attached hydrogens (tertiary/aromatic N) is 2. The van der Waals surface area contributed by atoms with Crippen LogP contribution < -0.4 is 11.1 Å². The number of aromatic nitrogens is 2. The SMILES string of the molecule is CCCc1nc(N)c(C)c(NCc2ccc(Cl)cc2)n1. The molecular formula is C15H19ClN4. The molecule has 1 heterocycles. The summed E-state index contributed by atoms with van der Waals surface area (Å²) in [5.41, 5.74) is 7.96. The van der Waals surface area contributed by atoms with Crippen molar-refractivity contribution in [1.29, 1.82) is 0 Å². The first-order valence-corrected chi connectivity index (χ1v) is 7.09. The lowest BCUT2D eigenvalue weighted by Gasteiger charge is -2.12. The maximum Gasteiger partial charge on any atom is 0.135 e. The Hall–Kier alpha value is -1.81. The molecule has 4 nitrogen and oxygen atoms in total. The van der Waals surface area contributed by atoms with Gasteiger partial charge in [-0.1, -0.05) is 30.7 Å². The molecule has 2 rings (SSSR count). The van der Waals surface area contributed by atoms with Crippen LogP contribution in [0.5, 0.6) is 0 Å². The second-order valence-corrected chi connectivity index (χ2v) is 5.17. The molecule has 2 aromatic rings. The van der Waals surface area contributed by atoms with E-state index in [9.17, 15) is 0 Å². The minimum atomic E-state index is 0.544. The van der Waals surface area contributed by atoms with E-state index in [2.05, 4.69) is 22.2 Å². The number of benzene rings is 1. The van der Waals surface area contributed by atoms with Gasteiger partial charge >= 0.3 is 0 Å². The van der Waals surface area contributed by atoms with Crippen molar-refractivity contribution in [2.45, 2.75) is 33.2 Å². The maximum atomic E-state index is 5.93. The van der Waals surface area contributed by atoms with Gasteiger partial charge in [-0.2, -0.15) is 0 Å². The lowest BCUT2D eigenvalue weighted by Crippen LogP contribution is -2.09. The standard InChI is InChI=1S/C15H19ClN4/c1-3-4-13-19-14(17)10(2)15(20-13)18-9-11-5-7-12(16)8-6-11/h5-8H,3-4,9H2,1-2H3,(H3,17,18,19,20). The van der Waals surface area contributed by atoms with E-state index >= 15 is 0 Å². The Kier molecular flexibility index (Phi) is 4.79. The van der Waals surface area contributed by atoms with E-state index < -0.39 is 0 Å². The predicted octanol–water partition coefficient (Wildman–Crippen LogP) is 3.59. The minimum Gasteiger partial charge on any atom is -0.383 e. The highest BCUT2D eigenvalue weighted by atomic mass is 35.5. The van der Waals surface area contributed by atoms with Crippen molar-refractivity contribution in [2.75, 3.05) is 11.1 Å². The lowest BCUT2D eigenvalue weighted by atomic mass is 10.2. The molecule has 0 aliphatic heterocycles. The highest BCUT2D eigenvalue weighted by molar-refractivity contribution is 6.30. The molecule has 0 amide bonds. The van der Waals surface area contributed by atoms with Gasteiger partial charge in [-0.25, -0.2) is 9.97 Å². The van der Waals surface area contributed by atoms with Crippen LogP contribution in [0.4, 0.5) is 11.6 Å². The third-order valence-electron chi connectivity index (χ3n) is 3.08. The molecule has 0 aliphatic rings. The number of rotatable bonds is 5. The molecule has 0 unspecified atom stereocenters. The van der Waals surface area contributed by atoms with E-state index in [-0.39, 0.29) is 0 Å². The fourth-order valence-electron chi connectivity index (χ4n) is 1.88. The van der Waals surface area contributed by atoms with E-state index in [4.69, 9.17) is 17.3 Å². The summed E-state index contributed by atoms with van der Waals surface area (Å²) in [5.74, 6) is 2.13. The van der Waals surface area contributed by atoms with E-state index in [1.54, 1.807) is 0 Å². The number of halogens is 1. The highest BCUT2D eigenvalue weighted by Crippen LogP contribution is 2.19. The summed E-state index contributed by atoms with van der Waals surface area (Å²) in [4.78, 5) is 8.83. The fraction of sp³-hybridized carbons (Fsp3) is 0.333. The topological polar surface area (TPSA) is 63.8 Å². The van der Waals surface area contributed by atoms with Crippen molar-refractivity contribution in [3.63, 3.8) is 0 Å². The van der Waals surface area contributed by atoms with E-state index in [1.807, 2.05) is 31.2 Å². The van der Waals surface area contributed by atoms with Gasteiger partial charge in [0.15, 0.2) is 0 Å². The Bertz CT molecular complexity index is 581. The smallest absolute Gasteiger partial charge is 0.135 e. The number of hydrogen-bond donors (Lipinski definition) is 2. The van der Waals surface area contributed by atoms with Crippen LogP contribution in [-0.2, 0) is 13.0 Å². The van der Waals surface area contributed by atoms with Gasteiger partial charge in [-0.05, 0) is 31.0 Å². The first-order valence-electron chi connectivity index (χ1n) is 6.71. The number of aryl methyl sites for hydroxylation is 1. The fourth-order valence-corrected chi connectivity index (χ4v) is 2.00. The van der Waals surface area contributed by atoms with Gasteiger partial charge < -0.3 is 11.1 Å². The lowest BCUT2D eigenvalue weighted by molar-refractivity contribution is 0.833. The highest BCUT2D eigenvalue weighted by Gasteiger charge is 2.08. The second-order valence-electron chi connectivity index (χ2n) is 4.73. The van der Waals surface area contributed by atoms with Gasteiger partial charge in [0.25, 0.3) is 0 Å². The largest absolute Gasteiger partial charge is 0.383 e. The van der Waals surface area contributed by atoms with Crippen LogP contribution in [0.2, 0.25) is 5.02 Å². The number of nitrogens with one attached hydrogen (secondary N) is 1. The van der Waals surface area contributed by atoms with Crippen LogP contribution in [-0.4, -0.2) is 9.97 Å². The Morgan fingerprint density at radius 1 is 1.20 bits per heavy atom. The van der Waals surface area contributed by atoms with Crippen LogP contribution >= 0.6 is 11.6 Å². The predicted molar refractivity (Wildman–Crippen MR) is 84.0 cm³/mol. The molecule has 0 spiro atoms. The van der Waals surface area contributed by atoms with Crippen molar-refractivity contribution >= 4 is 23.2 Å². The van der Waals surface area contributed by atoms with E-state index in [0.717, 1.165) is 40.6 Å². The summed E-state index contributed by atoms with van der Waals surface area (Å²) < 4.78 is 0. The van der Waals surface area contributed by atoms with E-state index in [1.165, 1.54) is 0 Å². The maximum absolute atomic E-state index is 5.93. The summed E-state index contributed by atoms with van der Waals surface area (Å²) in [5, 5.41) is 4.05. The zero-order valence-corrected chi connectivity index (χ0v) is 12.5. The molecule has 1 aromatic carbocycles. The number of anilines is 2. The first kappa shape index (κ1) is 14.6. The van der Waals surface area contributed by atoms with Gasteiger partial charge in [-0.15, -0.1) is 0 Å². The van der Waals surface area contributed by atoms with Crippen molar-refractivity contribution in [1.82, 2.24) is 9.97 Å². The zero-order chi connectivity index (χ0) is 14.5. The van der Waals surface area contributed by atoms with Crippen LogP contribution in [0.3, 0.4) is 0 Å². The van der Waals surface area contributed by atoms with Crippen molar-refractivity contribution in [3.05, 3.63) is 46.2 Å². The summed E-state index contributed by atoms with van der Waals surface area (Å²) in [7, 11) is 0. The Balaban J connectivity index is 2.13. The van der Waals surface area contributed by atoms with Gasteiger partial charge in [0.2, 0.25) is 0 Å². The third kappa shape index (κ3) is 3.61. The van der Waals surface area contributed by atoms with Crippen molar-refractivity contribution in [3.8, 4) is 0 Å². The molecule has 1 aromatic heterocycles. The first-order chi connectivity index (χ1) is 9.60. The summed E-state index contributed by atoms with van der Waals surface area (Å²) >= 11 is 5.87. The quantitative estimate of drug-likeness (QED) is 0.883. The summed E-state index contributed by atoms with van der Waals surface area (Å²) in [6, 6.07) is 7.73. The van der Waals surface area contributed by atoms with Crippen LogP contribution in [0.15, 0.2) is 24.3 Å². The number of hydrogen-bond acceptors (Lipinski definition) is 4. The molecule has 106 valence electrons. The molecular weight excluding hydrogens is 272 g/mol. The molecule has 0 bridgehead atoms. The molecule has 5 heteroatoms. The molecule has 0 saturated heterocycles. The normalized spacial score (nSPS) is 10.6. The minimum absolute atomic E-state index is 0.544. The summed E-state index contributed by atoms with van der Waals surface area (Å²) in [6.45, 7) is 4.70. The monoisotopic (exact) mass is 290 g/mol. The average Bonchev–Trinajstić information content (AvgIpc) is 2.43. The van der Waals surface area contributed by atoms with Crippen LogP contribution in [0.25, 0.3) is 0 Å². The summed E-state index contributed by atoms with van der Waals surface area (Å²) in [6.07, 6.45) is 1.83. The number of nitrogens with two attached hydrogens (primary N) is 1. The Labute approximate surface area is 124 Å². The molecule has 0 radical (unpaired) electrons. The van der Waals surface area contributed by atoms with Crippen molar-refractivity contribution in [2.24, 2.45) is 0 Å². The van der Waals surface area contributed by atoms with Crippen LogP contribution in [0, 0.1) is 6.92 Å².